The highest BCUT2D eigenvalue weighted by Gasteiger charge is 2.33. The van der Waals surface area contributed by atoms with Crippen LogP contribution in [0.4, 0.5) is 18.9 Å². The van der Waals surface area contributed by atoms with Gasteiger partial charge in [0.1, 0.15) is 11.5 Å². The van der Waals surface area contributed by atoms with Crippen LogP contribution in [-0.2, 0) is 6.18 Å². The third-order valence-corrected chi connectivity index (χ3v) is 3.11. The van der Waals surface area contributed by atoms with E-state index in [0.717, 1.165) is 12.1 Å². The van der Waals surface area contributed by atoms with Gasteiger partial charge < -0.3 is 10.5 Å². The summed E-state index contributed by atoms with van der Waals surface area (Å²) in [6.07, 6.45) is -4.50. The number of nitrogens with two attached hydrogens (primary N) is 1. The maximum Gasteiger partial charge on any atom is 0.417 e. The number of ether oxygens (including phenoxy) is 1. The van der Waals surface area contributed by atoms with Gasteiger partial charge in [-0.25, -0.2) is 0 Å². The van der Waals surface area contributed by atoms with Crippen LogP contribution in [-0.4, -0.2) is 0 Å². The van der Waals surface area contributed by atoms with Gasteiger partial charge in [-0.3, -0.25) is 0 Å². The second-order valence-corrected chi connectivity index (χ2v) is 4.74. The predicted octanol–water partition coefficient (Wildman–Crippen LogP) is 5.39. The summed E-state index contributed by atoms with van der Waals surface area (Å²) in [4.78, 5) is 0. The van der Waals surface area contributed by atoms with Crippen LogP contribution in [0.25, 0.3) is 0 Å². The third kappa shape index (κ3) is 3.29. The molecule has 20 heavy (non-hydrogen) atoms. The lowest BCUT2D eigenvalue weighted by molar-refractivity contribution is -0.137. The molecule has 0 bridgehead atoms. The summed E-state index contributed by atoms with van der Waals surface area (Å²) in [6.45, 7) is 0. The summed E-state index contributed by atoms with van der Waals surface area (Å²) in [6, 6.07) is 7.67. The summed E-state index contributed by atoms with van der Waals surface area (Å²) in [7, 11) is 0. The highest BCUT2D eigenvalue weighted by molar-refractivity contribution is 6.33. The van der Waals surface area contributed by atoms with Crippen LogP contribution in [0.1, 0.15) is 5.56 Å². The Morgan fingerprint density at radius 3 is 2.05 bits per heavy atom. The molecule has 0 aromatic heterocycles. The van der Waals surface area contributed by atoms with Crippen LogP contribution in [0.3, 0.4) is 0 Å². The van der Waals surface area contributed by atoms with Gasteiger partial charge in [-0.05, 0) is 24.3 Å². The van der Waals surface area contributed by atoms with Crippen LogP contribution in [0, 0.1) is 0 Å². The molecule has 2 aromatic rings. The Morgan fingerprint density at radius 1 is 0.900 bits per heavy atom. The molecule has 0 aliphatic carbocycles. The van der Waals surface area contributed by atoms with Crippen LogP contribution in [0.15, 0.2) is 36.4 Å². The van der Waals surface area contributed by atoms with Gasteiger partial charge in [-0.1, -0.05) is 23.2 Å². The average Bonchev–Trinajstić information content (AvgIpc) is 2.32. The van der Waals surface area contributed by atoms with Gasteiger partial charge in [0.2, 0.25) is 0 Å². The molecule has 2 nitrogen and oxygen atoms in total. The van der Waals surface area contributed by atoms with E-state index in [9.17, 15) is 13.2 Å². The summed E-state index contributed by atoms with van der Waals surface area (Å²) in [5, 5.41) is -0.0697. The molecule has 0 unspecified atom stereocenters. The minimum atomic E-state index is -4.50. The molecule has 7 heteroatoms. The molecule has 0 aliphatic heterocycles. The lowest BCUT2D eigenvalue weighted by Gasteiger charge is -2.11. The van der Waals surface area contributed by atoms with Gasteiger partial charge >= 0.3 is 6.18 Å². The van der Waals surface area contributed by atoms with Crippen molar-refractivity contribution >= 4 is 28.9 Å². The Kier molecular flexibility index (Phi) is 4.01. The number of nitrogen functional groups attached to an aromatic ring is 1. The Labute approximate surface area is 122 Å². The zero-order valence-corrected chi connectivity index (χ0v) is 11.4. The fourth-order valence-corrected chi connectivity index (χ4v) is 1.91. The molecule has 2 rings (SSSR count). The number of anilines is 1. The van der Waals surface area contributed by atoms with E-state index in [1.807, 2.05) is 0 Å². The van der Waals surface area contributed by atoms with Gasteiger partial charge in [0, 0.05) is 12.1 Å². The lowest BCUT2D eigenvalue weighted by Crippen LogP contribution is -2.05. The first-order valence-electron chi connectivity index (χ1n) is 5.37. The summed E-state index contributed by atoms with van der Waals surface area (Å²) in [5.74, 6) is 0.521. The second kappa shape index (κ2) is 5.42. The van der Waals surface area contributed by atoms with Crippen LogP contribution in [0.2, 0.25) is 10.0 Å². The Hall–Kier alpha value is -1.59. The second-order valence-electron chi connectivity index (χ2n) is 3.92. The first-order valence-corrected chi connectivity index (χ1v) is 6.12. The lowest BCUT2D eigenvalue weighted by atomic mass is 10.2. The molecule has 0 aliphatic rings. The molecule has 106 valence electrons. The van der Waals surface area contributed by atoms with Crippen LogP contribution < -0.4 is 10.5 Å². The molecular weight excluding hydrogens is 314 g/mol. The SMILES string of the molecule is Nc1cc(Oc2ccc(C(F)(F)F)c(Cl)c2)ccc1Cl. The Bertz CT molecular complexity index is 644. The zero-order valence-electron chi connectivity index (χ0n) is 9.84. The van der Waals surface area contributed by atoms with Gasteiger partial charge in [0.15, 0.2) is 0 Å². The molecule has 0 saturated heterocycles. The first-order chi connectivity index (χ1) is 9.27. The predicted molar refractivity (Wildman–Crippen MR) is 72.4 cm³/mol. The normalized spacial score (nSPS) is 11.4. The molecule has 0 radical (unpaired) electrons. The maximum absolute atomic E-state index is 12.5. The smallest absolute Gasteiger partial charge is 0.417 e. The van der Waals surface area contributed by atoms with Crippen molar-refractivity contribution in [2.24, 2.45) is 0 Å². The molecule has 2 aromatic carbocycles. The van der Waals surface area contributed by atoms with Gasteiger partial charge in [0.05, 0.1) is 21.3 Å². The number of hydrogen-bond donors (Lipinski definition) is 1. The van der Waals surface area contributed by atoms with Crippen LogP contribution in [0.5, 0.6) is 11.5 Å². The quantitative estimate of drug-likeness (QED) is 0.753. The highest BCUT2D eigenvalue weighted by atomic mass is 35.5. The zero-order chi connectivity index (χ0) is 14.9. The highest BCUT2D eigenvalue weighted by Crippen LogP contribution is 2.37. The topological polar surface area (TPSA) is 35.2 Å². The molecule has 0 fully saturated rings. The first kappa shape index (κ1) is 14.8. The molecule has 0 amide bonds. The Morgan fingerprint density at radius 2 is 1.50 bits per heavy atom. The average molecular weight is 322 g/mol. The number of rotatable bonds is 2. The van der Waals surface area contributed by atoms with E-state index in [1.54, 1.807) is 6.07 Å². The summed E-state index contributed by atoms with van der Waals surface area (Å²) < 4.78 is 43.0. The van der Waals surface area contributed by atoms with Crippen molar-refractivity contribution in [3.05, 3.63) is 52.0 Å². The van der Waals surface area contributed by atoms with Crippen molar-refractivity contribution in [3.63, 3.8) is 0 Å². The van der Waals surface area contributed by atoms with Crippen molar-refractivity contribution in [3.8, 4) is 11.5 Å². The standard InChI is InChI=1S/C13H8Cl2F3NO/c14-10-4-2-8(6-12(10)19)20-7-1-3-9(11(15)5-7)13(16,17)18/h1-6H,19H2. The van der Waals surface area contributed by atoms with Gasteiger partial charge in [-0.15, -0.1) is 0 Å². The van der Waals surface area contributed by atoms with Crippen molar-refractivity contribution in [2.75, 3.05) is 5.73 Å². The third-order valence-electron chi connectivity index (χ3n) is 2.45. The summed E-state index contributed by atoms with van der Waals surface area (Å²) >= 11 is 11.3. The van der Waals surface area contributed by atoms with Crippen molar-refractivity contribution in [2.45, 2.75) is 6.18 Å². The van der Waals surface area contributed by atoms with E-state index in [4.69, 9.17) is 33.7 Å². The van der Waals surface area contributed by atoms with E-state index < -0.39 is 16.8 Å². The molecule has 0 atom stereocenters. The minimum absolute atomic E-state index is 0.171. The minimum Gasteiger partial charge on any atom is -0.457 e. The van der Waals surface area contributed by atoms with Crippen molar-refractivity contribution in [1.29, 1.82) is 0 Å². The number of alkyl halides is 3. The molecule has 0 spiro atoms. The number of hydrogen-bond acceptors (Lipinski definition) is 2. The van der Waals surface area contributed by atoms with Crippen molar-refractivity contribution in [1.82, 2.24) is 0 Å². The largest absolute Gasteiger partial charge is 0.457 e. The van der Waals surface area contributed by atoms with Gasteiger partial charge in [0.25, 0.3) is 0 Å². The van der Waals surface area contributed by atoms with E-state index in [0.29, 0.717) is 16.5 Å². The van der Waals surface area contributed by atoms with Crippen molar-refractivity contribution < 1.29 is 17.9 Å². The van der Waals surface area contributed by atoms with Gasteiger partial charge in [-0.2, -0.15) is 13.2 Å². The maximum atomic E-state index is 12.5. The van der Waals surface area contributed by atoms with Crippen LogP contribution >= 0.6 is 23.2 Å². The molecular formula is C13H8Cl2F3NO. The molecule has 0 heterocycles. The fourth-order valence-electron chi connectivity index (χ4n) is 1.51. The molecule has 2 N–H and O–H groups in total. The van der Waals surface area contributed by atoms with E-state index >= 15 is 0 Å². The van der Waals surface area contributed by atoms with E-state index in [1.165, 1.54) is 18.2 Å². The summed E-state index contributed by atoms with van der Waals surface area (Å²) in [5.41, 5.74) is 4.99. The number of halogens is 5. The number of benzene rings is 2. The van der Waals surface area contributed by atoms with E-state index in [-0.39, 0.29) is 5.75 Å². The van der Waals surface area contributed by atoms with E-state index in [2.05, 4.69) is 0 Å². The monoisotopic (exact) mass is 321 g/mol. The molecule has 0 saturated carbocycles. The fraction of sp³-hybridized carbons (Fsp3) is 0.0769. The Balaban J connectivity index is 2.26.